The van der Waals surface area contributed by atoms with E-state index in [9.17, 15) is 9.59 Å². The number of carbonyl (C=O) groups is 2. The Morgan fingerprint density at radius 1 is 0.857 bits per heavy atom. The summed E-state index contributed by atoms with van der Waals surface area (Å²) in [6, 6.07) is 19.1. The van der Waals surface area contributed by atoms with Crippen LogP contribution < -0.4 is 9.46 Å². The molecule has 226 valence electrons. The summed E-state index contributed by atoms with van der Waals surface area (Å²) in [4.78, 5) is 28.7. The second-order valence-corrected chi connectivity index (χ2v) is 14.0. The summed E-state index contributed by atoms with van der Waals surface area (Å²) in [5.74, 6) is 0.978. The monoisotopic (exact) mass is 592 g/mol. The van der Waals surface area contributed by atoms with Crippen molar-refractivity contribution in [2.75, 3.05) is 4.72 Å². The Hall–Kier alpha value is -3.52. The van der Waals surface area contributed by atoms with Gasteiger partial charge in [-0.3, -0.25) is 4.79 Å². The van der Waals surface area contributed by atoms with Gasteiger partial charge >= 0.3 is 11.9 Å². The van der Waals surface area contributed by atoms with Crippen LogP contribution in [0.25, 0.3) is 0 Å². The number of nitrogens with one attached hydrogen (secondary N) is 1. The van der Waals surface area contributed by atoms with E-state index in [2.05, 4.69) is 35.7 Å². The average molecular weight is 593 g/mol. The molecule has 1 aromatic heterocycles. The minimum absolute atomic E-state index is 0.0483. The Kier molecular flexibility index (Phi) is 11.1. The average Bonchev–Trinajstić information content (AvgIpc) is 2.90. The van der Waals surface area contributed by atoms with E-state index < -0.39 is 17.0 Å². The van der Waals surface area contributed by atoms with Gasteiger partial charge < -0.3 is 19.3 Å². The van der Waals surface area contributed by atoms with Gasteiger partial charge in [0.1, 0.15) is 22.9 Å². The molecule has 0 bridgehead atoms. The third-order valence-electron chi connectivity index (χ3n) is 6.71. The maximum atomic E-state index is 12.7. The molecule has 7 nitrogen and oxygen atoms in total. The first kappa shape index (κ1) is 33.0. The molecule has 8 heteroatoms. The summed E-state index contributed by atoms with van der Waals surface area (Å²) >= 11 is 1.38. The van der Waals surface area contributed by atoms with E-state index >= 15 is 0 Å². The van der Waals surface area contributed by atoms with Crippen LogP contribution in [0.4, 0.5) is 5.82 Å². The van der Waals surface area contributed by atoms with Gasteiger partial charge in [-0.1, -0.05) is 32.4 Å². The standard InChI is InChI=1S/C34H44N2O5S/c1-32(2,3)41-31(39)34(6,7)23-33(4,5)21-9-8-10-24-11-14-26(15-12-24)40-27-16-18-28(19-17-27)42-36-29-20-13-25(22-35-29)30(37)38/h11-20,22H,8-10,21,23H2,1-7H3,(H,35,36)(H,37,38). The van der Waals surface area contributed by atoms with Crippen molar-refractivity contribution in [2.24, 2.45) is 10.8 Å². The smallest absolute Gasteiger partial charge is 0.337 e. The maximum Gasteiger partial charge on any atom is 0.337 e. The van der Waals surface area contributed by atoms with Gasteiger partial charge in [0.15, 0.2) is 0 Å². The molecule has 1 heterocycles. The topological polar surface area (TPSA) is 97.8 Å². The van der Waals surface area contributed by atoms with Crippen molar-refractivity contribution in [3.8, 4) is 11.5 Å². The lowest BCUT2D eigenvalue weighted by Crippen LogP contribution is -2.36. The Balaban J connectivity index is 1.40. The second kappa shape index (κ2) is 14.1. The van der Waals surface area contributed by atoms with Crippen LogP contribution in [0.2, 0.25) is 0 Å². The molecule has 0 spiro atoms. The van der Waals surface area contributed by atoms with Gasteiger partial charge in [-0.05, 0) is 132 Å². The molecule has 2 aromatic carbocycles. The summed E-state index contributed by atoms with van der Waals surface area (Å²) in [7, 11) is 0. The Morgan fingerprint density at radius 3 is 2.02 bits per heavy atom. The van der Waals surface area contributed by atoms with E-state index in [4.69, 9.17) is 14.6 Å². The Morgan fingerprint density at radius 2 is 1.48 bits per heavy atom. The lowest BCUT2D eigenvalue weighted by atomic mass is 9.72. The van der Waals surface area contributed by atoms with Crippen molar-refractivity contribution in [1.29, 1.82) is 0 Å². The molecule has 0 radical (unpaired) electrons. The van der Waals surface area contributed by atoms with Crippen LogP contribution in [0.15, 0.2) is 71.8 Å². The molecular weight excluding hydrogens is 548 g/mol. The summed E-state index contributed by atoms with van der Waals surface area (Å²) in [6.45, 7) is 14.2. The number of aryl methyl sites for hydroxylation is 1. The van der Waals surface area contributed by atoms with Crippen LogP contribution >= 0.6 is 11.9 Å². The molecule has 0 amide bonds. The Bertz CT molecular complexity index is 1310. The van der Waals surface area contributed by atoms with Gasteiger partial charge in [-0.25, -0.2) is 9.78 Å². The summed E-state index contributed by atoms with van der Waals surface area (Å²) < 4.78 is 14.8. The lowest BCUT2D eigenvalue weighted by molar-refractivity contribution is -0.167. The fourth-order valence-electron chi connectivity index (χ4n) is 4.83. The first-order chi connectivity index (χ1) is 19.6. The van der Waals surface area contributed by atoms with Crippen LogP contribution in [0.5, 0.6) is 11.5 Å². The number of unbranched alkanes of at least 4 members (excludes halogenated alkanes) is 1. The highest BCUT2D eigenvalue weighted by Crippen LogP contribution is 2.39. The van der Waals surface area contributed by atoms with Crippen molar-refractivity contribution in [3.05, 3.63) is 78.0 Å². The van der Waals surface area contributed by atoms with Gasteiger partial charge in [0.2, 0.25) is 0 Å². The number of benzene rings is 2. The molecule has 0 aliphatic carbocycles. The van der Waals surface area contributed by atoms with Crippen LogP contribution in [0.1, 0.15) is 90.1 Å². The number of ether oxygens (including phenoxy) is 2. The number of esters is 1. The molecular formula is C34H44N2O5S. The fourth-order valence-corrected chi connectivity index (χ4v) is 5.45. The van der Waals surface area contributed by atoms with Gasteiger partial charge in [0.05, 0.1) is 11.0 Å². The largest absolute Gasteiger partial charge is 0.478 e. The molecule has 0 unspecified atom stereocenters. The predicted molar refractivity (Wildman–Crippen MR) is 169 cm³/mol. The van der Waals surface area contributed by atoms with Gasteiger partial charge in [0, 0.05) is 11.1 Å². The SMILES string of the molecule is CC(C)(CCCCc1ccc(Oc2ccc(SNc3ccc(C(=O)O)cn3)cc2)cc1)CC(C)(C)C(=O)OC(C)(C)C. The number of aromatic nitrogens is 1. The van der Waals surface area contributed by atoms with Crippen molar-refractivity contribution >= 4 is 29.7 Å². The number of anilines is 1. The molecule has 0 atom stereocenters. The molecule has 0 aliphatic rings. The van der Waals surface area contributed by atoms with E-state index in [0.29, 0.717) is 5.82 Å². The third kappa shape index (κ3) is 11.0. The summed E-state index contributed by atoms with van der Waals surface area (Å²) in [5, 5.41) is 8.97. The second-order valence-electron chi connectivity index (χ2n) is 13.1. The van der Waals surface area contributed by atoms with E-state index in [1.165, 1.54) is 29.8 Å². The van der Waals surface area contributed by atoms with Crippen molar-refractivity contribution in [1.82, 2.24) is 4.98 Å². The van der Waals surface area contributed by atoms with E-state index in [1.807, 2.05) is 71.0 Å². The zero-order chi connectivity index (χ0) is 31.0. The molecule has 3 rings (SSSR count). The highest BCUT2D eigenvalue weighted by atomic mass is 32.2. The maximum absolute atomic E-state index is 12.7. The van der Waals surface area contributed by atoms with Crippen molar-refractivity contribution in [3.63, 3.8) is 0 Å². The van der Waals surface area contributed by atoms with E-state index in [1.54, 1.807) is 6.07 Å². The van der Waals surface area contributed by atoms with Crippen LogP contribution in [0.3, 0.4) is 0 Å². The van der Waals surface area contributed by atoms with Crippen LogP contribution in [0, 0.1) is 10.8 Å². The van der Waals surface area contributed by atoms with Gasteiger partial charge in [0.25, 0.3) is 0 Å². The van der Waals surface area contributed by atoms with Crippen molar-refractivity contribution in [2.45, 2.75) is 91.1 Å². The Labute approximate surface area is 254 Å². The number of nitrogens with zero attached hydrogens (tertiary/aromatic N) is 1. The highest BCUT2D eigenvalue weighted by molar-refractivity contribution is 8.00. The van der Waals surface area contributed by atoms with E-state index in [-0.39, 0.29) is 16.9 Å². The molecule has 3 aromatic rings. The number of carboxylic acid groups (broad SMARTS) is 1. The van der Waals surface area contributed by atoms with Gasteiger partial charge in [-0.2, -0.15) is 0 Å². The number of carbonyl (C=O) groups excluding carboxylic acids is 1. The lowest BCUT2D eigenvalue weighted by Gasteiger charge is -2.35. The van der Waals surface area contributed by atoms with Crippen LogP contribution in [-0.4, -0.2) is 27.6 Å². The normalized spacial score (nSPS) is 12.1. The molecule has 2 N–H and O–H groups in total. The minimum Gasteiger partial charge on any atom is -0.478 e. The number of aromatic carboxylic acids is 1. The quantitative estimate of drug-likeness (QED) is 0.109. The molecule has 42 heavy (non-hydrogen) atoms. The number of carboxylic acids is 1. The van der Waals surface area contributed by atoms with Crippen LogP contribution in [-0.2, 0) is 16.0 Å². The zero-order valence-corrected chi connectivity index (χ0v) is 26.6. The molecule has 0 saturated heterocycles. The first-order valence-electron chi connectivity index (χ1n) is 14.3. The number of hydrogen-bond donors (Lipinski definition) is 2. The van der Waals surface area contributed by atoms with Crippen molar-refractivity contribution < 1.29 is 24.2 Å². The number of pyridine rings is 1. The summed E-state index contributed by atoms with van der Waals surface area (Å²) in [5.41, 5.74) is 0.486. The first-order valence-corrected chi connectivity index (χ1v) is 15.2. The predicted octanol–water partition coefficient (Wildman–Crippen LogP) is 9.19. The number of rotatable bonds is 14. The zero-order valence-electron chi connectivity index (χ0n) is 25.8. The summed E-state index contributed by atoms with van der Waals surface area (Å²) in [6.07, 6.45) is 6.35. The molecule has 0 fully saturated rings. The molecule has 0 saturated carbocycles. The number of hydrogen-bond acceptors (Lipinski definition) is 7. The van der Waals surface area contributed by atoms with E-state index in [0.717, 1.165) is 48.5 Å². The van der Waals surface area contributed by atoms with Gasteiger partial charge in [-0.15, -0.1) is 0 Å². The highest BCUT2D eigenvalue weighted by Gasteiger charge is 2.37. The minimum atomic E-state index is -0.999. The third-order valence-corrected chi connectivity index (χ3v) is 7.53. The fraction of sp³-hybridized carbons (Fsp3) is 0.441. The molecule has 0 aliphatic heterocycles.